The predicted octanol–water partition coefficient (Wildman–Crippen LogP) is 3.58. The maximum Gasteiger partial charge on any atom is 0.0434 e. The van der Waals surface area contributed by atoms with Gasteiger partial charge >= 0.3 is 0 Å². The topological polar surface area (TPSA) is 29.3 Å². The van der Waals surface area contributed by atoms with E-state index in [-0.39, 0.29) is 6.04 Å². The summed E-state index contributed by atoms with van der Waals surface area (Å²) < 4.78 is 0. The summed E-state index contributed by atoms with van der Waals surface area (Å²) >= 11 is 1.75. The fourth-order valence-electron chi connectivity index (χ4n) is 2.24. The molecule has 2 aromatic rings. The lowest BCUT2D eigenvalue weighted by Gasteiger charge is -2.20. The van der Waals surface area contributed by atoms with Crippen LogP contribution in [0.25, 0.3) is 0 Å². The largest absolute Gasteiger partial charge is 0.370 e. The maximum atomic E-state index is 5.87. The summed E-state index contributed by atoms with van der Waals surface area (Å²) in [5.41, 5.74) is 11.2. The molecular formula is C16H22N2S. The Morgan fingerprint density at radius 2 is 2.11 bits per heavy atom. The summed E-state index contributed by atoms with van der Waals surface area (Å²) in [6, 6.07) is 9.05. The molecule has 0 spiro atoms. The minimum Gasteiger partial charge on any atom is -0.370 e. The van der Waals surface area contributed by atoms with E-state index in [0.29, 0.717) is 0 Å². The quantitative estimate of drug-likeness (QED) is 0.903. The number of nitrogens with zero attached hydrogens (tertiary/aromatic N) is 1. The molecule has 3 heteroatoms. The van der Waals surface area contributed by atoms with E-state index in [0.717, 1.165) is 13.0 Å². The van der Waals surface area contributed by atoms with Gasteiger partial charge in [0.1, 0.15) is 0 Å². The van der Waals surface area contributed by atoms with Crippen molar-refractivity contribution >= 4 is 17.0 Å². The minimum absolute atomic E-state index is 0.216. The maximum absolute atomic E-state index is 5.87. The highest BCUT2D eigenvalue weighted by Crippen LogP contribution is 2.21. The van der Waals surface area contributed by atoms with Crippen LogP contribution in [-0.2, 0) is 13.0 Å². The number of hydrogen-bond donors (Lipinski definition) is 1. The molecule has 0 amide bonds. The number of nitrogens with two attached hydrogens (primary N) is 1. The fraction of sp³-hybridized carbons (Fsp3) is 0.375. The second-order valence-electron chi connectivity index (χ2n) is 5.28. The van der Waals surface area contributed by atoms with Crippen LogP contribution in [0.2, 0.25) is 0 Å². The molecule has 1 aromatic heterocycles. The first-order valence-electron chi connectivity index (χ1n) is 6.63. The van der Waals surface area contributed by atoms with E-state index in [9.17, 15) is 0 Å². The SMILES string of the molecule is Cc1cc(N(C)Cc2ccsc2)ccc1CC(C)N. The molecule has 0 radical (unpaired) electrons. The molecule has 2 nitrogen and oxygen atoms in total. The molecule has 2 N–H and O–H groups in total. The second-order valence-corrected chi connectivity index (χ2v) is 6.06. The van der Waals surface area contributed by atoms with Gasteiger partial charge in [-0.2, -0.15) is 11.3 Å². The van der Waals surface area contributed by atoms with Gasteiger partial charge in [-0.3, -0.25) is 0 Å². The Kier molecular flexibility index (Phi) is 4.61. The summed E-state index contributed by atoms with van der Waals surface area (Å²) in [6.45, 7) is 5.17. The zero-order chi connectivity index (χ0) is 13.8. The number of benzene rings is 1. The van der Waals surface area contributed by atoms with Gasteiger partial charge in [0, 0.05) is 25.3 Å². The summed E-state index contributed by atoms with van der Waals surface area (Å²) in [4.78, 5) is 2.28. The first-order valence-corrected chi connectivity index (χ1v) is 7.58. The summed E-state index contributed by atoms with van der Waals surface area (Å²) in [5, 5.41) is 4.33. The second kappa shape index (κ2) is 6.22. The normalized spacial score (nSPS) is 12.4. The Labute approximate surface area is 119 Å². The number of hydrogen-bond acceptors (Lipinski definition) is 3. The van der Waals surface area contributed by atoms with Gasteiger partial charge in [-0.25, -0.2) is 0 Å². The molecule has 0 aliphatic rings. The molecule has 1 aromatic carbocycles. The van der Waals surface area contributed by atoms with E-state index in [4.69, 9.17) is 5.73 Å². The van der Waals surface area contributed by atoms with Crippen LogP contribution in [0.3, 0.4) is 0 Å². The Morgan fingerprint density at radius 1 is 1.32 bits per heavy atom. The van der Waals surface area contributed by atoms with Crippen molar-refractivity contribution in [3.63, 3.8) is 0 Å². The van der Waals surface area contributed by atoms with Gasteiger partial charge in [0.2, 0.25) is 0 Å². The highest BCUT2D eigenvalue weighted by Gasteiger charge is 2.06. The van der Waals surface area contributed by atoms with Crippen molar-refractivity contribution in [3.8, 4) is 0 Å². The lowest BCUT2D eigenvalue weighted by molar-refractivity contribution is 0.734. The van der Waals surface area contributed by atoms with E-state index >= 15 is 0 Å². The van der Waals surface area contributed by atoms with Gasteiger partial charge in [-0.05, 0) is 65.9 Å². The highest BCUT2D eigenvalue weighted by molar-refractivity contribution is 7.07. The molecule has 0 saturated carbocycles. The molecule has 102 valence electrons. The Hall–Kier alpha value is -1.32. The number of anilines is 1. The first-order chi connectivity index (χ1) is 9.06. The van der Waals surface area contributed by atoms with E-state index in [1.807, 2.05) is 0 Å². The van der Waals surface area contributed by atoms with Crippen molar-refractivity contribution in [3.05, 3.63) is 51.7 Å². The Balaban J connectivity index is 2.10. The van der Waals surface area contributed by atoms with Crippen LogP contribution in [-0.4, -0.2) is 13.1 Å². The summed E-state index contributed by atoms with van der Waals surface area (Å²) in [5.74, 6) is 0. The standard InChI is InChI=1S/C16H22N2S/c1-12-8-16(5-4-15(12)9-13(2)17)18(3)10-14-6-7-19-11-14/h4-8,11,13H,9-10,17H2,1-3H3. The van der Waals surface area contributed by atoms with E-state index in [1.165, 1.54) is 22.4 Å². The van der Waals surface area contributed by atoms with Gasteiger partial charge in [-0.15, -0.1) is 0 Å². The number of thiophene rings is 1. The Morgan fingerprint density at radius 3 is 2.68 bits per heavy atom. The average Bonchev–Trinajstić information content (AvgIpc) is 2.84. The van der Waals surface area contributed by atoms with Crippen LogP contribution >= 0.6 is 11.3 Å². The van der Waals surface area contributed by atoms with E-state index in [2.05, 4.69) is 60.8 Å². The van der Waals surface area contributed by atoms with Crippen LogP contribution < -0.4 is 10.6 Å². The van der Waals surface area contributed by atoms with Gasteiger partial charge in [0.05, 0.1) is 0 Å². The van der Waals surface area contributed by atoms with Crippen LogP contribution in [0, 0.1) is 6.92 Å². The van der Waals surface area contributed by atoms with Crippen molar-refractivity contribution in [1.82, 2.24) is 0 Å². The average molecular weight is 274 g/mol. The van der Waals surface area contributed by atoms with Crippen LogP contribution in [0.4, 0.5) is 5.69 Å². The number of rotatable bonds is 5. The third-order valence-corrected chi connectivity index (χ3v) is 4.04. The molecule has 0 aliphatic heterocycles. The van der Waals surface area contributed by atoms with Crippen molar-refractivity contribution in [2.75, 3.05) is 11.9 Å². The molecule has 0 saturated heterocycles. The van der Waals surface area contributed by atoms with Crippen molar-refractivity contribution < 1.29 is 0 Å². The molecule has 1 unspecified atom stereocenters. The van der Waals surface area contributed by atoms with Gasteiger partial charge in [0.15, 0.2) is 0 Å². The van der Waals surface area contributed by atoms with Crippen LogP contribution in [0.15, 0.2) is 35.0 Å². The molecular weight excluding hydrogens is 252 g/mol. The molecule has 1 heterocycles. The lowest BCUT2D eigenvalue weighted by atomic mass is 10.0. The third kappa shape index (κ3) is 3.82. The highest BCUT2D eigenvalue weighted by atomic mass is 32.1. The molecule has 2 rings (SSSR count). The van der Waals surface area contributed by atoms with Crippen molar-refractivity contribution in [1.29, 1.82) is 0 Å². The van der Waals surface area contributed by atoms with Crippen molar-refractivity contribution in [2.45, 2.75) is 32.9 Å². The minimum atomic E-state index is 0.216. The fourth-order valence-corrected chi connectivity index (χ4v) is 2.90. The summed E-state index contributed by atoms with van der Waals surface area (Å²) in [7, 11) is 2.14. The molecule has 0 aliphatic carbocycles. The van der Waals surface area contributed by atoms with Crippen molar-refractivity contribution in [2.24, 2.45) is 5.73 Å². The molecule has 19 heavy (non-hydrogen) atoms. The monoisotopic (exact) mass is 274 g/mol. The zero-order valence-electron chi connectivity index (χ0n) is 11.9. The third-order valence-electron chi connectivity index (χ3n) is 3.31. The first kappa shape index (κ1) is 14.1. The molecule has 0 fully saturated rings. The lowest BCUT2D eigenvalue weighted by Crippen LogP contribution is -2.19. The number of aryl methyl sites for hydroxylation is 1. The van der Waals surface area contributed by atoms with Gasteiger partial charge in [0.25, 0.3) is 0 Å². The van der Waals surface area contributed by atoms with E-state index < -0.39 is 0 Å². The summed E-state index contributed by atoms with van der Waals surface area (Å²) in [6.07, 6.45) is 0.945. The van der Waals surface area contributed by atoms with Crippen LogP contribution in [0.5, 0.6) is 0 Å². The van der Waals surface area contributed by atoms with Gasteiger partial charge in [-0.1, -0.05) is 6.07 Å². The smallest absolute Gasteiger partial charge is 0.0434 e. The Bertz CT molecular complexity index is 518. The van der Waals surface area contributed by atoms with E-state index in [1.54, 1.807) is 11.3 Å². The molecule has 0 bridgehead atoms. The molecule has 1 atom stereocenters. The van der Waals surface area contributed by atoms with Gasteiger partial charge < -0.3 is 10.6 Å². The predicted molar refractivity (Wildman–Crippen MR) is 85.0 cm³/mol. The zero-order valence-corrected chi connectivity index (χ0v) is 12.7. The van der Waals surface area contributed by atoms with Crippen LogP contribution in [0.1, 0.15) is 23.6 Å².